The van der Waals surface area contributed by atoms with Gasteiger partial charge in [0.2, 0.25) is 0 Å². The van der Waals surface area contributed by atoms with E-state index in [2.05, 4.69) is 10.1 Å². The predicted molar refractivity (Wildman–Crippen MR) is 96.5 cm³/mol. The topological polar surface area (TPSA) is 79.2 Å². The molecule has 1 amide bonds. The summed E-state index contributed by atoms with van der Waals surface area (Å²) in [6.45, 7) is 0. The molecule has 0 saturated carbocycles. The lowest BCUT2D eigenvalue weighted by atomic mass is 10.1. The molecule has 0 unspecified atom stereocenters. The van der Waals surface area contributed by atoms with Crippen LogP contribution in [-0.2, 0) is 9.53 Å². The number of nitrogens with one attached hydrogen (secondary N) is 1. The molecule has 0 heterocycles. The van der Waals surface area contributed by atoms with Gasteiger partial charge >= 0.3 is 5.97 Å². The molecule has 2 rings (SSSR count). The van der Waals surface area contributed by atoms with Gasteiger partial charge in [-0.05, 0) is 35.9 Å². The third-order valence-electron chi connectivity index (χ3n) is 3.21. The summed E-state index contributed by atoms with van der Waals surface area (Å²) in [5.74, 6) is -1.27. The molecule has 1 N–H and O–H groups in total. The van der Waals surface area contributed by atoms with Gasteiger partial charge in [-0.25, -0.2) is 4.79 Å². The number of hydrogen-bond donors (Lipinski definition) is 1. The molecule has 0 spiro atoms. The van der Waals surface area contributed by atoms with Gasteiger partial charge in [0.05, 0.1) is 18.4 Å². The minimum absolute atomic E-state index is 0.177. The summed E-state index contributed by atoms with van der Waals surface area (Å²) < 4.78 is 4.67. The van der Waals surface area contributed by atoms with E-state index in [1.54, 1.807) is 24.3 Å². The van der Waals surface area contributed by atoms with Gasteiger partial charge in [-0.2, -0.15) is 5.26 Å². The standard InChI is InChI=1S/C18H12Cl2N2O3/c1-25-18(24)14-4-2-3-5-16(14)22-17(23)12(10-21)8-11-6-7-13(19)9-15(11)20/h2-9H,1H3,(H,22,23)/b12-8+. The maximum atomic E-state index is 12.4. The Morgan fingerprint density at radius 2 is 1.92 bits per heavy atom. The first-order chi connectivity index (χ1) is 12.0. The number of nitriles is 1. The van der Waals surface area contributed by atoms with Crippen molar-refractivity contribution in [1.29, 1.82) is 5.26 Å². The molecule has 0 radical (unpaired) electrons. The van der Waals surface area contributed by atoms with Crippen LogP contribution < -0.4 is 5.32 Å². The number of carbonyl (C=O) groups is 2. The van der Waals surface area contributed by atoms with Gasteiger partial charge in [-0.1, -0.05) is 41.4 Å². The van der Waals surface area contributed by atoms with Crippen LogP contribution in [0.25, 0.3) is 6.08 Å². The lowest BCUT2D eigenvalue weighted by molar-refractivity contribution is -0.112. The fourth-order valence-electron chi connectivity index (χ4n) is 1.99. The van der Waals surface area contributed by atoms with E-state index in [4.69, 9.17) is 23.2 Å². The maximum Gasteiger partial charge on any atom is 0.339 e. The Balaban J connectivity index is 2.32. The molecular weight excluding hydrogens is 363 g/mol. The monoisotopic (exact) mass is 374 g/mol. The quantitative estimate of drug-likeness (QED) is 0.490. The number of benzene rings is 2. The third kappa shape index (κ3) is 4.60. The number of carbonyl (C=O) groups excluding carboxylic acids is 2. The molecular formula is C18H12Cl2N2O3. The normalized spacial score (nSPS) is 10.7. The highest BCUT2D eigenvalue weighted by atomic mass is 35.5. The van der Waals surface area contributed by atoms with Gasteiger partial charge in [-0.15, -0.1) is 0 Å². The number of amides is 1. The van der Waals surface area contributed by atoms with Crippen molar-refractivity contribution in [2.75, 3.05) is 12.4 Å². The molecule has 2 aromatic rings. The zero-order chi connectivity index (χ0) is 18.4. The number of anilines is 1. The zero-order valence-corrected chi connectivity index (χ0v) is 14.6. The van der Waals surface area contributed by atoms with Crippen LogP contribution in [0.3, 0.4) is 0 Å². The lowest BCUT2D eigenvalue weighted by Gasteiger charge is -2.09. The Hall–Kier alpha value is -2.81. The third-order valence-corrected chi connectivity index (χ3v) is 3.77. The van der Waals surface area contributed by atoms with Crippen molar-refractivity contribution in [1.82, 2.24) is 0 Å². The molecule has 0 aliphatic rings. The summed E-state index contributed by atoms with van der Waals surface area (Å²) in [4.78, 5) is 24.1. The molecule has 0 atom stereocenters. The molecule has 7 heteroatoms. The van der Waals surface area contributed by atoms with Crippen LogP contribution >= 0.6 is 23.2 Å². The van der Waals surface area contributed by atoms with Gasteiger partial charge in [0, 0.05) is 10.0 Å². The van der Waals surface area contributed by atoms with E-state index < -0.39 is 11.9 Å². The summed E-state index contributed by atoms with van der Waals surface area (Å²) in [7, 11) is 1.24. The molecule has 0 fully saturated rings. The molecule has 0 aromatic heterocycles. The molecule has 0 aliphatic carbocycles. The van der Waals surface area contributed by atoms with Crippen molar-refractivity contribution in [3.8, 4) is 6.07 Å². The fraction of sp³-hybridized carbons (Fsp3) is 0.0556. The number of halogens is 2. The predicted octanol–water partition coefficient (Wildman–Crippen LogP) is 4.33. The minimum atomic E-state index is -0.676. The molecule has 0 aliphatic heterocycles. The first-order valence-electron chi connectivity index (χ1n) is 7.01. The van der Waals surface area contributed by atoms with Crippen molar-refractivity contribution in [2.24, 2.45) is 0 Å². The number of rotatable bonds is 4. The highest BCUT2D eigenvalue weighted by Crippen LogP contribution is 2.24. The van der Waals surface area contributed by atoms with Crippen LogP contribution in [-0.4, -0.2) is 19.0 Å². The number of para-hydroxylation sites is 1. The van der Waals surface area contributed by atoms with Crippen molar-refractivity contribution in [3.05, 3.63) is 69.2 Å². The summed E-state index contributed by atoms with van der Waals surface area (Å²) in [6, 6.07) is 12.8. The van der Waals surface area contributed by atoms with Crippen molar-refractivity contribution < 1.29 is 14.3 Å². The maximum absolute atomic E-state index is 12.4. The van der Waals surface area contributed by atoms with Crippen LogP contribution in [0, 0.1) is 11.3 Å². The van der Waals surface area contributed by atoms with Crippen LogP contribution in [0.15, 0.2) is 48.0 Å². The Morgan fingerprint density at radius 1 is 1.20 bits per heavy atom. The van der Waals surface area contributed by atoms with E-state index in [-0.39, 0.29) is 16.8 Å². The SMILES string of the molecule is COC(=O)c1ccccc1NC(=O)/C(C#N)=C/c1ccc(Cl)cc1Cl. The largest absolute Gasteiger partial charge is 0.465 e. The van der Waals surface area contributed by atoms with Gasteiger partial charge in [0.25, 0.3) is 5.91 Å². The average molecular weight is 375 g/mol. The van der Waals surface area contributed by atoms with Crippen molar-refractivity contribution in [2.45, 2.75) is 0 Å². The van der Waals surface area contributed by atoms with Crippen LogP contribution in [0.4, 0.5) is 5.69 Å². The molecule has 0 bridgehead atoms. The highest BCUT2D eigenvalue weighted by Gasteiger charge is 2.16. The Bertz CT molecular complexity index is 901. The molecule has 0 saturated heterocycles. The smallest absolute Gasteiger partial charge is 0.339 e. The van der Waals surface area contributed by atoms with Crippen LogP contribution in [0.5, 0.6) is 0 Å². The summed E-state index contributed by atoms with van der Waals surface area (Å²) in [5, 5.41) is 12.5. The number of nitrogens with zero attached hydrogens (tertiary/aromatic N) is 1. The number of ether oxygens (including phenoxy) is 1. The summed E-state index contributed by atoms with van der Waals surface area (Å²) in [6.07, 6.45) is 1.34. The second-order valence-electron chi connectivity index (χ2n) is 4.83. The van der Waals surface area contributed by atoms with E-state index in [1.807, 2.05) is 6.07 Å². The van der Waals surface area contributed by atoms with E-state index in [9.17, 15) is 14.9 Å². The van der Waals surface area contributed by atoms with Gasteiger partial charge in [-0.3, -0.25) is 4.79 Å². The van der Waals surface area contributed by atoms with E-state index in [1.165, 1.54) is 31.4 Å². The second kappa shape index (κ2) is 8.34. The lowest BCUT2D eigenvalue weighted by Crippen LogP contribution is -2.16. The minimum Gasteiger partial charge on any atom is -0.465 e. The molecule has 25 heavy (non-hydrogen) atoms. The molecule has 126 valence electrons. The Labute approximate surface area is 154 Å². The van der Waals surface area contributed by atoms with Crippen molar-refractivity contribution >= 4 is 46.8 Å². The highest BCUT2D eigenvalue weighted by molar-refractivity contribution is 6.35. The first kappa shape index (κ1) is 18.5. The van der Waals surface area contributed by atoms with Crippen molar-refractivity contribution in [3.63, 3.8) is 0 Å². The van der Waals surface area contributed by atoms with E-state index >= 15 is 0 Å². The second-order valence-corrected chi connectivity index (χ2v) is 5.67. The zero-order valence-electron chi connectivity index (χ0n) is 13.0. The van der Waals surface area contributed by atoms with Gasteiger partial charge in [0.15, 0.2) is 0 Å². The van der Waals surface area contributed by atoms with E-state index in [0.717, 1.165) is 0 Å². The summed E-state index contributed by atoms with van der Waals surface area (Å²) >= 11 is 11.9. The number of hydrogen-bond acceptors (Lipinski definition) is 4. The molecule has 2 aromatic carbocycles. The van der Waals surface area contributed by atoms with Crippen LogP contribution in [0.2, 0.25) is 10.0 Å². The van der Waals surface area contributed by atoms with Gasteiger partial charge < -0.3 is 10.1 Å². The Morgan fingerprint density at radius 3 is 2.56 bits per heavy atom. The summed E-state index contributed by atoms with van der Waals surface area (Å²) in [5.41, 5.74) is 0.714. The number of esters is 1. The molecule has 5 nitrogen and oxygen atoms in total. The van der Waals surface area contributed by atoms with E-state index in [0.29, 0.717) is 15.6 Å². The first-order valence-corrected chi connectivity index (χ1v) is 7.77. The average Bonchev–Trinajstić information content (AvgIpc) is 2.60. The van der Waals surface area contributed by atoms with Crippen LogP contribution in [0.1, 0.15) is 15.9 Å². The van der Waals surface area contributed by atoms with Gasteiger partial charge in [0.1, 0.15) is 11.6 Å². The Kier molecular flexibility index (Phi) is 6.18. The number of methoxy groups -OCH3 is 1. The fourth-order valence-corrected chi connectivity index (χ4v) is 2.46.